The molecule has 1 aliphatic rings. The maximum absolute atomic E-state index is 8.49. The number of ether oxygens (including phenoxy) is 1. The zero-order valence-electron chi connectivity index (χ0n) is 8.82. The van der Waals surface area contributed by atoms with Gasteiger partial charge in [0.25, 0.3) is 0 Å². The number of rotatable bonds is 9. The number of unbranched alkanes of at least 4 members (excludes halogenated alkanes) is 3. The molecule has 1 aliphatic carbocycles. The molecule has 0 aliphatic heterocycles. The molecule has 0 saturated heterocycles. The Bertz CT molecular complexity index is 124. The Morgan fingerprint density at radius 3 is 2.43 bits per heavy atom. The van der Waals surface area contributed by atoms with E-state index in [1.165, 1.54) is 38.5 Å². The second kappa shape index (κ2) is 7.21. The van der Waals surface area contributed by atoms with Gasteiger partial charge in [0.2, 0.25) is 0 Å². The zero-order chi connectivity index (χ0) is 10.2. The Kier molecular flexibility index (Phi) is 6.15. The molecule has 0 aromatic heterocycles. The van der Waals surface area contributed by atoms with Gasteiger partial charge in [0.05, 0.1) is 6.61 Å². The zero-order valence-corrected chi connectivity index (χ0v) is 8.82. The lowest BCUT2D eigenvalue weighted by atomic mass is 10.1. The number of aliphatic hydroxyl groups excluding tert-OH is 1. The molecule has 0 aromatic carbocycles. The Labute approximate surface area is 86.1 Å². The van der Waals surface area contributed by atoms with Crippen molar-refractivity contribution < 1.29 is 14.9 Å². The molecule has 3 nitrogen and oxygen atoms in total. The largest absolute Gasteiger partial charge is 0.376 e. The van der Waals surface area contributed by atoms with E-state index < -0.39 is 6.29 Å². The lowest BCUT2D eigenvalue weighted by molar-refractivity contribution is -0.0949. The molecule has 0 atom stereocenters. The first-order valence-electron chi connectivity index (χ1n) is 5.73. The van der Waals surface area contributed by atoms with Crippen LogP contribution in [-0.4, -0.2) is 29.7 Å². The van der Waals surface area contributed by atoms with E-state index in [-0.39, 0.29) is 6.61 Å². The van der Waals surface area contributed by atoms with Crippen LogP contribution < -0.4 is 0 Å². The fourth-order valence-electron chi connectivity index (χ4n) is 1.59. The average molecular weight is 202 g/mol. The number of hydrogen-bond acceptors (Lipinski definition) is 3. The lowest BCUT2D eigenvalue weighted by Gasteiger charge is -2.05. The quantitative estimate of drug-likeness (QED) is 0.442. The summed E-state index contributed by atoms with van der Waals surface area (Å²) in [5.74, 6) is 1.05. The normalized spacial score (nSPS) is 16.5. The molecule has 1 fully saturated rings. The third-order valence-electron chi connectivity index (χ3n) is 2.61. The van der Waals surface area contributed by atoms with Crippen molar-refractivity contribution >= 4 is 0 Å². The van der Waals surface area contributed by atoms with Crippen LogP contribution >= 0.6 is 0 Å². The van der Waals surface area contributed by atoms with E-state index in [1.807, 2.05) is 0 Å². The third-order valence-corrected chi connectivity index (χ3v) is 2.61. The van der Waals surface area contributed by atoms with Gasteiger partial charge in [-0.15, -0.1) is 0 Å². The summed E-state index contributed by atoms with van der Waals surface area (Å²) < 4.78 is 5.04. The van der Waals surface area contributed by atoms with Crippen molar-refractivity contribution in [2.75, 3.05) is 13.2 Å². The number of hydrogen-bond donors (Lipinski definition) is 2. The van der Waals surface area contributed by atoms with E-state index in [1.54, 1.807) is 0 Å². The molecule has 0 unspecified atom stereocenters. The Balaban J connectivity index is 1.66. The van der Waals surface area contributed by atoms with Crippen molar-refractivity contribution in [2.45, 2.75) is 51.2 Å². The summed E-state index contributed by atoms with van der Waals surface area (Å²) in [6, 6.07) is 0. The maximum Gasteiger partial charge on any atom is 0.175 e. The highest BCUT2D eigenvalue weighted by Gasteiger charge is 2.19. The second-order valence-electron chi connectivity index (χ2n) is 4.20. The van der Waals surface area contributed by atoms with E-state index >= 15 is 0 Å². The van der Waals surface area contributed by atoms with Gasteiger partial charge in [-0.05, 0) is 12.3 Å². The molecule has 0 heterocycles. The molecule has 0 aromatic rings. The summed E-state index contributed by atoms with van der Waals surface area (Å²) in [5.41, 5.74) is 0. The van der Waals surface area contributed by atoms with Crippen LogP contribution in [0, 0.1) is 5.92 Å². The molecular weight excluding hydrogens is 180 g/mol. The van der Waals surface area contributed by atoms with E-state index in [2.05, 4.69) is 0 Å². The predicted molar refractivity (Wildman–Crippen MR) is 54.9 cm³/mol. The molecule has 0 amide bonds. The summed E-state index contributed by atoms with van der Waals surface area (Å²) in [7, 11) is 0. The minimum absolute atomic E-state index is 0.0437. The van der Waals surface area contributed by atoms with Crippen molar-refractivity contribution in [3.05, 3.63) is 0 Å². The molecule has 84 valence electrons. The lowest BCUT2D eigenvalue weighted by Crippen LogP contribution is -2.14. The predicted octanol–water partition coefficient (Wildman–Crippen LogP) is 1.67. The van der Waals surface area contributed by atoms with E-state index in [4.69, 9.17) is 14.9 Å². The first-order chi connectivity index (χ1) is 6.79. The van der Waals surface area contributed by atoms with Gasteiger partial charge in [-0.1, -0.05) is 38.5 Å². The van der Waals surface area contributed by atoms with Crippen LogP contribution in [0.5, 0.6) is 0 Å². The van der Waals surface area contributed by atoms with Crippen LogP contribution in [0.25, 0.3) is 0 Å². The van der Waals surface area contributed by atoms with Gasteiger partial charge in [-0.2, -0.15) is 0 Å². The fourth-order valence-corrected chi connectivity index (χ4v) is 1.59. The minimum atomic E-state index is -1.31. The minimum Gasteiger partial charge on any atom is -0.376 e. The average Bonchev–Trinajstić information content (AvgIpc) is 2.92. The summed E-state index contributed by atoms with van der Waals surface area (Å²) >= 11 is 0. The summed E-state index contributed by atoms with van der Waals surface area (Å²) in [6.07, 6.45) is 7.90. The van der Waals surface area contributed by atoms with Crippen molar-refractivity contribution in [1.82, 2.24) is 0 Å². The van der Waals surface area contributed by atoms with Crippen LogP contribution in [0.4, 0.5) is 0 Å². The van der Waals surface area contributed by atoms with Crippen molar-refractivity contribution in [3.63, 3.8) is 0 Å². The smallest absolute Gasteiger partial charge is 0.175 e. The van der Waals surface area contributed by atoms with Gasteiger partial charge in [-0.25, -0.2) is 0 Å². The van der Waals surface area contributed by atoms with Crippen molar-refractivity contribution in [2.24, 2.45) is 5.92 Å². The fraction of sp³-hybridized carbons (Fsp3) is 1.00. The molecule has 14 heavy (non-hydrogen) atoms. The van der Waals surface area contributed by atoms with Gasteiger partial charge in [0.1, 0.15) is 0 Å². The molecule has 0 bridgehead atoms. The van der Waals surface area contributed by atoms with Gasteiger partial charge in [0.15, 0.2) is 6.29 Å². The SMILES string of the molecule is OC(O)COCCCCCCC1CC1. The summed E-state index contributed by atoms with van der Waals surface area (Å²) in [5, 5.41) is 17.0. The van der Waals surface area contributed by atoms with Crippen LogP contribution in [0.15, 0.2) is 0 Å². The molecule has 1 rings (SSSR count). The topological polar surface area (TPSA) is 49.7 Å². The summed E-state index contributed by atoms with van der Waals surface area (Å²) in [4.78, 5) is 0. The number of aliphatic hydroxyl groups is 2. The van der Waals surface area contributed by atoms with Gasteiger partial charge >= 0.3 is 0 Å². The van der Waals surface area contributed by atoms with Gasteiger partial charge in [0, 0.05) is 6.61 Å². The first-order valence-corrected chi connectivity index (χ1v) is 5.73. The van der Waals surface area contributed by atoms with Crippen molar-refractivity contribution in [3.8, 4) is 0 Å². The van der Waals surface area contributed by atoms with Crippen LogP contribution in [0.2, 0.25) is 0 Å². The maximum atomic E-state index is 8.49. The van der Waals surface area contributed by atoms with E-state index in [9.17, 15) is 0 Å². The highest BCUT2D eigenvalue weighted by molar-refractivity contribution is 4.72. The van der Waals surface area contributed by atoms with Crippen molar-refractivity contribution in [1.29, 1.82) is 0 Å². The van der Waals surface area contributed by atoms with E-state index in [0.29, 0.717) is 6.61 Å². The van der Waals surface area contributed by atoms with Crippen LogP contribution in [0.3, 0.4) is 0 Å². The van der Waals surface area contributed by atoms with Crippen LogP contribution in [-0.2, 0) is 4.74 Å². The van der Waals surface area contributed by atoms with Gasteiger partial charge < -0.3 is 14.9 Å². The second-order valence-corrected chi connectivity index (χ2v) is 4.20. The monoisotopic (exact) mass is 202 g/mol. The Morgan fingerprint density at radius 1 is 1.07 bits per heavy atom. The van der Waals surface area contributed by atoms with Gasteiger partial charge in [-0.3, -0.25) is 0 Å². The molecular formula is C11H22O3. The Morgan fingerprint density at radius 2 is 1.79 bits per heavy atom. The molecule has 1 saturated carbocycles. The highest BCUT2D eigenvalue weighted by Crippen LogP contribution is 2.34. The van der Waals surface area contributed by atoms with Crippen LogP contribution in [0.1, 0.15) is 44.9 Å². The molecule has 2 N–H and O–H groups in total. The molecule has 0 radical (unpaired) electrons. The standard InChI is InChI=1S/C11H22O3/c12-11(13)9-14-8-4-2-1-3-5-10-6-7-10/h10-13H,1-9H2. The van der Waals surface area contributed by atoms with E-state index in [0.717, 1.165) is 12.3 Å². The summed E-state index contributed by atoms with van der Waals surface area (Å²) in [6.45, 7) is 0.698. The highest BCUT2D eigenvalue weighted by atomic mass is 16.5. The first kappa shape index (κ1) is 12.0. The Hall–Kier alpha value is -0.120. The molecule has 3 heteroatoms. The third kappa shape index (κ3) is 7.30. The molecule has 0 spiro atoms.